The van der Waals surface area contributed by atoms with Gasteiger partial charge in [-0.1, -0.05) is 36.4 Å². The van der Waals surface area contributed by atoms with Crippen molar-refractivity contribution in [2.45, 2.75) is 25.3 Å². The second-order valence-electron chi connectivity index (χ2n) is 8.54. The quantitative estimate of drug-likeness (QED) is 0.288. The van der Waals surface area contributed by atoms with Crippen molar-refractivity contribution in [1.82, 2.24) is 9.88 Å². The highest BCUT2D eigenvalue weighted by molar-refractivity contribution is 5.88. The van der Waals surface area contributed by atoms with Crippen LogP contribution in [0.5, 0.6) is 0 Å². The van der Waals surface area contributed by atoms with Gasteiger partial charge in [0, 0.05) is 34.9 Å². The first-order chi connectivity index (χ1) is 15.6. The zero-order valence-electron chi connectivity index (χ0n) is 18.0. The molecule has 0 saturated carbocycles. The lowest BCUT2D eigenvalue weighted by atomic mass is 10.0. The second-order valence-corrected chi connectivity index (χ2v) is 8.54. The van der Waals surface area contributed by atoms with E-state index in [1.165, 1.54) is 23.8 Å². The second kappa shape index (κ2) is 8.48. The van der Waals surface area contributed by atoms with E-state index in [9.17, 15) is 10.1 Å². The van der Waals surface area contributed by atoms with Gasteiger partial charge in [-0.05, 0) is 73.8 Å². The Kier molecular flexibility index (Phi) is 5.37. The third-order valence-corrected chi connectivity index (χ3v) is 6.48. The molecule has 6 heteroatoms. The van der Waals surface area contributed by atoms with Crippen LogP contribution in [0.25, 0.3) is 22.0 Å². The zero-order valence-corrected chi connectivity index (χ0v) is 18.0. The number of hydrogen-bond acceptors (Lipinski definition) is 4. The van der Waals surface area contributed by atoms with Gasteiger partial charge in [0.15, 0.2) is 0 Å². The molecule has 1 aromatic heterocycles. The summed E-state index contributed by atoms with van der Waals surface area (Å²) in [6.45, 7) is 1.16. The fourth-order valence-electron chi connectivity index (χ4n) is 4.67. The third-order valence-electron chi connectivity index (χ3n) is 6.48. The minimum atomic E-state index is -0.328. The van der Waals surface area contributed by atoms with Crippen molar-refractivity contribution in [3.8, 4) is 11.1 Å². The van der Waals surface area contributed by atoms with Gasteiger partial charge in [-0.25, -0.2) is 0 Å². The summed E-state index contributed by atoms with van der Waals surface area (Å²) in [6.07, 6.45) is 5.57. The fourth-order valence-corrected chi connectivity index (χ4v) is 4.67. The Bertz CT molecular complexity index is 1270. The molecule has 4 aromatic rings. The van der Waals surface area contributed by atoms with Gasteiger partial charge in [-0.3, -0.25) is 10.1 Å². The van der Waals surface area contributed by atoms with E-state index in [4.69, 9.17) is 0 Å². The van der Waals surface area contributed by atoms with Crippen molar-refractivity contribution >= 4 is 28.0 Å². The molecule has 162 valence electrons. The Morgan fingerprint density at radius 2 is 1.94 bits per heavy atom. The summed E-state index contributed by atoms with van der Waals surface area (Å²) in [4.78, 5) is 17.3. The summed E-state index contributed by atoms with van der Waals surface area (Å²) < 4.78 is 0. The molecule has 1 unspecified atom stereocenters. The summed E-state index contributed by atoms with van der Waals surface area (Å²) >= 11 is 0. The van der Waals surface area contributed by atoms with E-state index in [-0.39, 0.29) is 10.6 Å². The van der Waals surface area contributed by atoms with Crippen LogP contribution >= 0.6 is 0 Å². The van der Waals surface area contributed by atoms with Gasteiger partial charge in [0.05, 0.1) is 4.92 Å². The molecule has 1 atom stereocenters. The molecule has 5 rings (SSSR count). The molecule has 0 aliphatic carbocycles. The monoisotopic (exact) mass is 426 g/mol. The van der Waals surface area contributed by atoms with Gasteiger partial charge in [-0.15, -0.1) is 0 Å². The van der Waals surface area contributed by atoms with Crippen LogP contribution in [-0.4, -0.2) is 34.4 Å². The topological polar surface area (TPSA) is 74.2 Å². The average Bonchev–Trinajstić information content (AvgIpc) is 3.40. The Hall–Kier alpha value is -3.64. The first kappa shape index (κ1) is 20.3. The van der Waals surface area contributed by atoms with Gasteiger partial charge in [-0.2, -0.15) is 0 Å². The number of likely N-dealkylation sites (N-methyl/N-ethyl adjacent to an activating group) is 1. The number of fused-ring (bicyclic) bond motifs is 1. The summed E-state index contributed by atoms with van der Waals surface area (Å²) in [5.74, 6) is 0. The zero-order chi connectivity index (χ0) is 22.1. The van der Waals surface area contributed by atoms with Crippen LogP contribution < -0.4 is 5.32 Å². The third kappa shape index (κ3) is 3.97. The number of likely N-dealkylation sites (tertiary alicyclic amines) is 1. The van der Waals surface area contributed by atoms with Crippen LogP contribution in [-0.2, 0) is 6.42 Å². The molecule has 32 heavy (non-hydrogen) atoms. The van der Waals surface area contributed by atoms with Gasteiger partial charge < -0.3 is 15.2 Å². The number of aromatic amines is 1. The number of hydrogen-bond donors (Lipinski definition) is 2. The highest BCUT2D eigenvalue weighted by Gasteiger charge is 2.22. The SMILES string of the molecule is CN1CCCC1Cc1c[nH]c2ccc(Nc3ccc(-c4ccccc4)cc3[N+](=O)[O-])cc12. The Balaban J connectivity index is 1.45. The molecule has 1 aliphatic heterocycles. The maximum Gasteiger partial charge on any atom is 0.293 e. The lowest BCUT2D eigenvalue weighted by Gasteiger charge is -2.18. The van der Waals surface area contributed by atoms with Crippen LogP contribution in [0.1, 0.15) is 18.4 Å². The summed E-state index contributed by atoms with van der Waals surface area (Å²) in [7, 11) is 2.19. The number of nitrogens with zero attached hydrogens (tertiary/aromatic N) is 2. The van der Waals surface area contributed by atoms with Crippen LogP contribution in [0.2, 0.25) is 0 Å². The van der Waals surface area contributed by atoms with E-state index < -0.39 is 0 Å². The van der Waals surface area contributed by atoms with E-state index in [1.54, 1.807) is 12.1 Å². The van der Waals surface area contributed by atoms with Crippen LogP contribution in [0.3, 0.4) is 0 Å². The van der Waals surface area contributed by atoms with Gasteiger partial charge in [0.25, 0.3) is 5.69 Å². The molecule has 0 bridgehead atoms. The van der Waals surface area contributed by atoms with Gasteiger partial charge >= 0.3 is 0 Å². The summed E-state index contributed by atoms with van der Waals surface area (Å²) in [5, 5.41) is 16.2. The smallest absolute Gasteiger partial charge is 0.293 e. The lowest BCUT2D eigenvalue weighted by molar-refractivity contribution is -0.383. The minimum absolute atomic E-state index is 0.0633. The number of nitro benzene ring substituents is 1. The molecule has 1 aliphatic rings. The van der Waals surface area contributed by atoms with E-state index >= 15 is 0 Å². The predicted molar refractivity (Wildman–Crippen MR) is 129 cm³/mol. The highest BCUT2D eigenvalue weighted by Crippen LogP contribution is 2.34. The maximum absolute atomic E-state index is 11.8. The molecule has 2 heterocycles. The van der Waals surface area contributed by atoms with E-state index in [0.717, 1.165) is 35.3 Å². The van der Waals surface area contributed by atoms with Crippen molar-refractivity contribution in [2.75, 3.05) is 18.9 Å². The average molecular weight is 427 g/mol. The largest absolute Gasteiger partial charge is 0.361 e. The van der Waals surface area contributed by atoms with E-state index in [2.05, 4.69) is 34.5 Å². The number of anilines is 2. The van der Waals surface area contributed by atoms with Crippen LogP contribution in [0, 0.1) is 10.1 Å². The van der Waals surface area contributed by atoms with Crippen molar-refractivity contribution in [3.05, 3.63) is 88.6 Å². The number of nitrogens with one attached hydrogen (secondary N) is 2. The van der Waals surface area contributed by atoms with Crippen LogP contribution in [0.4, 0.5) is 17.1 Å². The summed E-state index contributed by atoms with van der Waals surface area (Å²) in [5.41, 5.74) is 5.55. The minimum Gasteiger partial charge on any atom is -0.361 e. The number of benzene rings is 3. The maximum atomic E-state index is 11.8. The van der Waals surface area contributed by atoms with Gasteiger partial charge in [0.2, 0.25) is 0 Å². The Morgan fingerprint density at radius 3 is 2.69 bits per heavy atom. The predicted octanol–water partition coefficient (Wildman–Crippen LogP) is 6.12. The Morgan fingerprint density at radius 1 is 1.09 bits per heavy atom. The highest BCUT2D eigenvalue weighted by atomic mass is 16.6. The van der Waals surface area contributed by atoms with E-state index in [0.29, 0.717) is 11.7 Å². The first-order valence-corrected chi connectivity index (χ1v) is 11.0. The number of rotatable bonds is 6. The van der Waals surface area contributed by atoms with Crippen molar-refractivity contribution in [3.63, 3.8) is 0 Å². The molecular weight excluding hydrogens is 400 g/mol. The summed E-state index contributed by atoms with van der Waals surface area (Å²) in [6, 6.07) is 21.7. The normalized spacial score (nSPS) is 16.5. The van der Waals surface area contributed by atoms with Crippen LogP contribution in [0.15, 0.2) is 72.9 Å². The van der Waals surface area contributed by atoms with Crippen molar-refractivity contribution < 1.29 is 4.92 Å². The molecular formula is C26H26N4O2. The molecule has 0 radical (unpaired) electrons. The lowest BCUT2D eigenvalue weighted by Crippen LogP contribution is -2.26. The number of nitro groups is 1. The van der Waals surface area contributed by atoms with Gasteiger partial charge in [0.1, 0.15) is 5.69 Å². The fraction of sp³-hybridized carbons (Fsp3) is 0.231. The van der Waals surface area contributed by atoms with Crippen molar-refractivity contribution in [2.24, 2.45) is 0 Å². The first-order valence-electron chi connectivity index (χ1n) is 11.0. The molecule has 6 nitrogen and oxygen atoms in total. The molecule has 0 spiro atoms. The van der Waals surface area contributed by atoms with Crippen molar-refractivity contribution in [1.29, 1.82) is 0 Å². The molecule has 2 N–H and O–H groups in total. The van der Waals surface area contributed by atoms with E-state index in [1.807, 2.05) is 48.5 Å². The molecule has 3 aromatic carbocycles. The number of aromatic nitrogens is 1. The Labute approximate surface area is 187 Å². The molecule has 0 amide bonds. The molecule has 1 saturated heterocycles. The molecule has 1 fully saturated rings. The standard InChI is InChI=1S/C26H26N4O2/c1-29-13-5-8-22(29)14-20-17-27-24-12-10-21(16-23(20)24)28-25-11-9-19(15-26(25)30(31)32)18-6-3-2-4-7-18/h2-4,6-7,9-12,15-17,22,27-28H,5,8,13-14H2,1H3. The number of H-pyrrole nitrogens is 1.